The lowest BCUT2D eigenvalue weighted by Gasteiger charge is -2.14. The van der Waals surface area contributed by atoms with Gasteiger partial charge in [-0.2, -0.15) is 0 Å². The minimum absolute atomic E-state index is 0.0124. The second kappa shape index (κ2) is 7.53. The third-order valence-electron chi connectivity index (χ3n) is 5.59. The van der Waals surface area contributed by atoms with Crippen LogP contribution in [0.1, 0.15) is 5.56 Å². The molecule has 0 unspecified atom stereocenters. The zero-order valence-corrected chi connectivity index (χ0v) is 16.7. The molecule has 0 N–H and O–H groups in total. The lowest BCUT2D eigenvalue weighted by molar-refractivity contribution is 0.781. The number of allylic oxidation sites excluding steroid dienone is 1. The summed E-state index contributed by atoms with van der Waals surface area (Å²) in [5.74, 6) is 0. The zero-order chi connectivity index (χ0) is 20.5. The van der Waals surface area contributed by atoms with Gasteiger partial charge in [-0.3, -0.25) is 4.79 Å². The predicted molar refractivity (Wildman–Crippen MR) is 125 cm³/mol. The van der Waals surface area contributed by atoms with E-state index in [2.05, 4.69) is 41.5 Å². The smallest absolute Gasteiger partial charge is 0.275 e. The molecule has 0 fully saturated rings. The summed E-state index contributed by atoms with van der Waals surface area (Å²) in [6.07, 6.45) is 1.78. The first-order valence-corrected chi connectivity index (χ1v) is 10.1. The SMILES string of the molecule is C=CCn1c(-c2ccccc2)cc2c3ccccc3n(Cc3ccccc3)c2c1=O. The molecule has 5 aromatic rings. The van der Waals surface area contributed by atoms with Crippen LogP contribution in [0, 0.1) is 0 Å². The summed E-state index contributed by atoms with van der Waals surface area (Å²) in [5, 5.41) is 2.09. The summed E-state index contributed by atoms with van der Waals surface area (Å²) in [6.45, 7) is 4.99. The Kier molecular flexibility index (Phi) is 4.56. The molecule has 0 aliphatic rings. The van der Waals surface area contributed by atoms with E-state index >= 15 is 0 Å². The van der Waals surface area contributed by atoms with Crippen LogP contribution in [0.4, 0.5) is 0 Å². The van der Waals surface area contributed by atoms with Crippen molar-refractivity contribution in [1.82, 2.24) is 9.13 Å². The quantitative estimate of drug-likeness (QED) is 0.345. The normalized spacial score (nSPS) is 11.2. The molecule has 0 aliphatic carbocycles. The maximum absolute atomic E-state index is 13.8. The highest BCUT2D eigenvalue weighted by atomic mass is 16.1. The predicted octanol–water partition coefficient (Wildman–Crippen LogP) is 5.86. The number of pyridine rings is 1. The number of fused-ring (bicyclic) bond motifs is 3. The van der Waals surface area contributed by atoms with Gasteiger partial charge >= 0.3 is 0 Å². The molecule has 3 heteroatoms. The van der Waals surface area contributed by atoms with Gasteiger partial charge in [0.1, 0.15) is 5.52 Å². The van der Waals surface area contributed by atoms with Crippen molar-refractivity contribution in [2.45, 2.75) is 13.1 Å². The summed E-state index contributed by atoms with van der Waals surface area (Å²) in [4.78, 5) is 13.8. The molecule has 0 amide bonds. The van der Waals surface area contributed by atoms with Crippen molar-refractivity contribution in [3.8, 4) is 11.3 Å². The molecular formula is C27H22N2O. The van der Waals surface area contributed by atoms with Gasteiger partial charge in [-0.1, -0.05) is 84.9 Å². The molecule has 3 nitrogen and oxygen atoms in total. The van der Waals surface area contributed by atoms with E-state index in [9.17, 15) is 4.79 Å². The summed E-state index contributed by atoms with van der Waals surface area (Å²) < 4.78 is 3.97. The van der Waals surface area contributed by atoms with Crippen molar-refractivity contribution in [2.75, 3.05) is 0 Å². The Morgan fingerprint density at radius 3 is 2.17 bits per heavy atom. The van der Waals surface area contributed by atoms with E-state index in [1.54, 1.807) is 6.08 Å². The largest absolute Gasteiger partial charge is 0.331 e. The van der Waals surface area contributed by atoms with E-state index in [1.807, 2.05) is 65.2 Å². The van der Waals surface area contributed by atoms with Gasteiger partial charge in [-0.05, 0) is 23.3 Å². The Balaban J connectivity index is 1.88. The number of para-hydroxylation sites is 1. The van der Waals surface area contributed by atoms with Gasteiger partial charge in [0.2, 0.25) is 0 Å². The molecule has 0 saturated carbocycles. The van der Waals surface area contributed by atoms with Crippen LogP contribution in [-0.2, 0) is 13.1 Å². The molecule has 5 rings (SSSR count). The number of rotatable bonds is 5. The second-order valence-electron chi connectivity index (χ2n) is 7.45. The van der Waals surface area contributed by atoms with Crippen molar-refractivity contribution >= 4 is 21.8 Å². The molecule has 0 atom stereocenters. The van der Waals surface area contributed by atoms with Gasteiger partial charge in [0.25, 0.3) is 5.56 Å². The molecule has 146 valence electrons. The summed E-state index contributed by atoms with van der Waals surface area (Å²) >= 11 is 0. The minimum Gasteiger partial charge on any atom is -0.331 e. The number of nitrogens with zero attached hydrogens (tertiary/aromatic N) is 2. The highest BCUT2D eigenvalue weighted by Crippen LogP contribution is 2.31. The summed E-state index contributed by atoms with van der Waals surface area (Å²) in [6, 6.07) is 30.8. The summed E-state index contributed by atoms with van der Waals surface area (Å²) in [5.41, 5.74) is 4.93. The average molecular weight is 390 g/mol. The molecule has 0 radical (unpaired) electrons. The molecule has 2 heterocycles. The third kappa shape index (κ3) is 2.96. The highest BCUT2D eigenvalue weighted by molar-refractivity contribution is 6.08. The van der Waals surface area contributed by atoms with Gasteiger partial charge in [0.15, 0.2) is 0 Å². The highest BCUT2D eigenvalue weighted by Gasteiger charge is 2.18. The lowest BCUT2D eigenvalue weighted by atomic mass is 10.1. The summed E-state index contributed by atoms with van der Waals surface area (Å²) in [7, 11) is 0. The first-order chi connectivity index (χ1) is 14.8. The van der Waals surface area contributed by atoms with Crippen LogP contribution < -0.4 is 5.56 Å². The number of benzene rings is 3. The van der Waals surface area contributed by atoms with Crippen LogP contribution in [-0.4, -0.2) is 9.13 Å². The maximum atomic E-state index is 13.8. The van der Waals surface area contributed by atoms with Gasteiger partial charge in [0.05, 0.1) is 5.69 Å². The Morgan fingerprint density at radius 1 is 0.767 bits per heavy atom. The van der Waals surface area contributed by atoms with Gasteiger partial charge in [0, 0.05) is 29.4 Å². The average Bonchev–Trinajstić information content (AvgIpc) is 3.11. The van der Waals surface area contributed by atoms with E-state index in [-0.39, 0.29) is 5.56 Å². The molecule has 3 aromatic carbocycles. The van der Waals surface area contributed by atoms with Crippen molar-refractivity contribution in [3.05, 3.63) is 120 Å². The van der Waals surface area contributed by atoms with Crippen molar-refractivity contribution in [1.29, 1.82) is 0 Å². The van der Waals surface area contributed by atoms with E-state index < -0.39 is 0 Å². The van der Waals surface area contributed by atoms with Crippen LogP contribution in [0.5, 0.6) is 0 Å². The molecule has 0 saturated heterocycles. The van der Waals surface area contributed by atoms with Gasteiger partial charge in [-0.15, -0.1) is 6.58 Å². The number of aromatic nitrogens is 2. The molecule has 2 aromatic heterocycles. The van der Waals surface area contributed by atoms with Crippen molar-refractivity contribution in [3.63, 3.8) is 0 Å². The fraction of sp³-hybridized carbons (Fsp3) is 0.0741. The van der Waals surface area contributed by atoms with E-state index in [0.29, 0.717) is 13.1 Å². The number of hydrogen-bond acceptors (Lipinski definition) is 1. The molecular weight excluding hydrogens is 368 g/mol. The second-order valence-corrected chi connectivity index (χ2v) is 7.45. The Bertz CT molecular complexity index is 1410. The molecule has 0 aliphatic heterocycles. The minimum atomic E-state index is 0.0124. The fourth-order valence-electron chi connectivity index (χ4n) is 4.25. The fourth-order valence-corrected chi connectivity index (χ4v) is 4.25. The molecule has 0 bridgehead atoms. The van der Waals surface area contributed by atoms with Crippen LogP contribution in [0.15, 0.2) is 108 Å². The monoisotopic (exact) mass is 390 g/mol. The molecule has 0 spiro atoms. The van der Waals surface area contributed by atoms with Gasteiger partial charge < -0.3 is 9.13 Å². The van der Waals surface area contributed by atoms with Crippen LogP contribution in [0.25, 0.3) is 33.1 Å². The molecule has 30 heavy (non-hydrogen) atoms. The van der Waals surface area contributed by atoms with E-state index in [1.165, 1.54) is 5.56 Å². The topological polar surface area (TPSA) is 26.9 Å². The Labute approximate surface area is 175 Å². The third-order valence-corrected chi connectivity index (χ3v) is 5.59. The van der Waals surface area contributed by atoms with Gasteiger partial charge in [-0.25, -0.2) is 0 Å². The lowest BCUT2D eigenvalue weighted by Crippen LogP contribution is -2.23. The first-order valence-electron chi connectivity index (χ1n) is 10.1. The first kappa shape index (κ1) is 18.2. The van der Waals surface area contributed by atoms with Crippen molar-refractivity contribution < 1.29 is 0 Å². The number of hydrogen-bond donors (Lipinski definition) is 0. The zero-order valence-electron chi connectivity index (χ0n) is 16.7. The van der Waals surface area contributed by atoms with E-state index in [0.717, 1.165) is 33.1 Å². The van der Waals surface area contributed by atoms with Crippen molar-refractivity contribution in [2.24, 2.45) is 0 Å². The van der Waals surface area contributed by atoms with E-state index in [4.69, 9.17) is 0 Å². The van der Waals surface area contributed by atoms with Crippen LogP contribution >= 0.6 is 0 Å². The maximum Gasteiger partial charge on any atom is 0.275 e. The Hall–Kier alpha value is -3.85. The van der Waals surface area contributed by atoms with Crippen LogP contribution in [0.2, 0.25) is 0 Å². The van der Waals surface area contributed by atoms with Crippen LogP contribution in [0.3, 0.4) is 0 Å². The standard InChI is InChI=1S/C27H22N2O/c1-2-17-28-25(21-13-7-4-8-14-21)18-23-22-15-9-10-16-24(22)29(26(23)27(28)30)19-20-11-5-3-6-12-20/h2-16,18H,1,17,19H2. The Morgan fingerprint density at radius 2 is 1.43 bits per heavy atom.